The Morgan fingerprint density at radius 3 is 2.48 bits per heavy atom. The summed E-state index contributed by atoms with van der Waals surface area (Å²) in [5.74, 6) is -0.909. The third-order valence-corrected chi connectivity index (χ3v) is 3.10. The number of halogens is 1. The molecule has 2 aromatic carbocycles. The summed E-state index contributed by atoms with van der Waals surface area (Å²) in [5.41, 5.74) is 0.305. The topological polar surface area (TPSA) is 61.8 Å². The molecule has 5 nitrogen and oxygen atoms in total. The van der Waals surface area contributed by atoms with E-state index in [1.54, 1.807) is 12.1 Å². The van der Waals surface area contributed by atoms with Gasteiger partial charge in [0.2, 0.25) is 5.78 Å². The molecule has 0 bridgehead atoms. The van der Waals surface area contributed by atoms with Gasteiger partial charge < -0.3 is 14.2 Å². The molecule has 0 aliphatic heterocycles. The number of ether oxygens (including phenoxy) is 3. The fourth-order valence-electron chi connectivity index (χ4n) is 1.94. The van der Waals surface area contributed by atoms with Crippen molar-refractivity contribution in [1.82, 2.24) is 0 Å². The normalized spacial score (nSPS) is 10.0. The highest BCUT2D eigenvalue weighted by Gasteiger charge is 2.16. The first kappa shape index (κ1) is 16.5. The summed E-state index contributed by atoms with van der Waals surface area (Å²) in [7, 11) is 2.92. The number of esters is 1. The van der Waals surface area contributed by atoms with Crippen LogP contribution in [0.1, 0.15) is 20.7 Å². The summed E-state index contributed by atoms with van der Waals surface area (Å²) < 4.78 is 28.1. The summed E-state index contributed by atoms with van der Waals surface area (Å²) in [5, 5.41) is 0. The van der Waals surface area contributed by atoms with Crippen molar-refractivity contribution >= 4 is 11.8 Å². The SMILES string of the molecule is COc1ccc(C(=O)COC(=O)c2cccc(F)c2)c(OC)c1. The van der Waals surface area contributed by atoms with Crippen LogP contribution in [-0.2, 0) is 4.74 Å². The van der Waals surface area contributed by atoms with Gasteiger partial charge in [-0.05, 0) is 30.3 Å². The lowest BCUT2D eigenvalue weighted by Gasteiger charge is -2.10. The monoisotopic (exact) mass is 318 g/mol. The minimum absolute atomic E-state index is 0.0412. The molecule has 0 aromatic heterocycles. The largest absolute Gasteiger partial charge is 0.497 e. The quantitative estimate of drug-likeness (QED) is 0.605. The molecule has 23 heavy (non-hydrogen) atoms. The lowest BCUT2D eigenvalue weighted by molar-refractivity contribution is 0.0473. The standard InChI is InChI=1S/C17H15FO5/c1-21-13-6-7-14(16(9-13)22-2)15(19)10-23-17(20)11-4-3-5-12(18)8-11/h3-9H,10H2,1-2H3. The van der Waals surface area contributed by atoms with Crippen LogP contribution in [-0.4, -0.2) is 32.6 Å². The molecule has 0 atom stereocenters. The molecule has 0 saturated heterocycles. The van der Waals surface area contributed by atoms with Gasteiger partial charge in [-0.3, -0.25) is 4.79 Å². The molecule has 2 rings (SSSR count). The summed E-state index contributed by atoms with van der Waals surface area (Å²) in [6, 6.07) is 9.73. The van der Waals surface area contributed by atoms with Crippen LogP contribution in [0.25, 0.3) is 0 Å². The second kappa shape index (κ2) is 7.40. The summed E-state index contributed by atoms with van der Waals surface area (Å²) in [6.45, 7) is -0.474. The second-order valence-corrected chi connectivity index (χ2v) is 4.58. The fourth-order valence-corrected chi connectivity index (χ4v) is 1.94. The van der Waals surface area contributed by atoms with Gasteiger partial charge in [0, 0.05) is 6.07 Å². The summed E-state index contributed by atoms with van der Waals surface area (Å²) in [6.07, 6.45) is 0. The number of carbonyl (C=O) groups is 2. The first-order valence-electron chi connectivity index (χ1n) is 6.73. The summed E-state index contributed by atoms with van der Waals surface area (Å²) >= 11 is 0. The van der Waals surface area contributed by atoms with Gasteiger partial charge in [0.05, 0.1) is 25.3 Å². The molecule has 0 saturated carbocycles. The van der Waals surface area contributed by atoms with E-state index in [9.17, 15) is 14.0 Å². The molecule has 6 heteroatoms. The fraction of sp³-hybridized carbons (Fsp3) is 0.176. The zero-order chi connectivity index (χ0) is 16.8. The second-order valence-electron chi connectivity index (χ2n) is 4.58. The van der Waals surface area contributed by atoms with E-state index < -0.39 is 24.2 Å². The number of hydrogen-bond donors (Lipinski definition) is 0. The molecule has 0 heterocycles. The Morgan fingerprint density at radius 2 is 1.83 bits per heavy atom. The van der Waals surface area contributed by atoms with Gasteiger partial charge in [-0.2, -0.15) is 0 Å². The number of Topliss-reactive ketones (excluding diaryl/α,β-unsaturated/α-hetero) is 1. The van der Waals surface area contributed by atoms with Gasteiger partial charge >= 0.3 is 5.97 Å². The first-order valence-corrected chi connectivity index (χ1v) is 6.73. The summed E-state index contributed by atoms with van der Waals surface area (Å²) in [4.78, 5) is 23.9. The molecule has 0 aliphatic carbocycles. The van der Waals surface area contributed by atoms with Crippen molar-refractivity contribution in [2.24, 2.45) is 0 Å². The third-order valence-electron chi connectivity index (χ3n) is 3.10. The highest BCUT2D eigenvalue weighted by atomic mass is 19.1. The van der Waals surface area contributed by atoms with Gasteiger partial charge in [-0.15, -0.1) is 0 Å². The van der Waals surface area contributed by atoms with Crippen LogP contribution in [0.15, 0.2) is 42.5 Å². The van der Waals surface area contributed by atoms with Crippen LogP contribution in [0.2, 0.25) is 0 Å². The van der Waals surface area contributed by atoms with Crippen molar-refractivity contribution in [1.29, 1.82) is 0 Å². The minimum atomic E-state index is -0.773. The predicted molar refractivity (Wildman–Crippen MR) is 80.6 cm³/mol. The van der Waals surface area contributed by atoms with E-state index in [2.05, 4.69) is 0 Å². The van der Waals surface area contributed by atoms with Gasteiger partial charge in [-0.1, -0.05) is 6.07 Å². The van der Waals surface area contributed by atoms with Crippen molar-refractivity contribution in [3.05, 3.63) is 59.4 Å². The van der Waals surface area contributed by atoms with Crippen LogP contribution >= 0.6 is 0 Å². The molecular formula is C17H15FO5. The van der Waals surface area contributed by atoms with Crippen molar-refractivity contribution in [3.63, 3.8) is 0 Å². The van der Waals surface area contributed by atoms with E-state index in [4.69, 9.17) is 14.2 Å². The number of rotatable bonds is 6. The Hall–Kier alpha value is -2.89. The Balaban J connectivity index is 2.06. The van der Waals surface area contributed by atoms with E-state index in [-0.39, 0.29) is 11.1 Å². The van der Waals surface area contributed by atoms with E-state index in [0.29, 0.717) is 11.5 Å². The van der Waals surface area contributed by atoms with E-state index in [0.717, 1.165) is 6.07 Å². The van der Waals surface area contributed by atoms with Crippen LogP contribution < -0.4 is 9.47 Å². The smallest absolute Gasteiger partial charge is 0.338 e. The zero-order valence-electron chi connectivity index (χ0n) is 12.7. The number of hydrogen-bond acceptors (Lipinski definition) is 5. The highest BCUT2D eigenvalue weighted by molar-refractivity contribution is 6.01. The Bertz CT molecular complexity index is 727. The molecule has 0 fully saturated rings. The van der Waals surface area contributed by atoms with Gasteiger partial charge in [0.1, 0.15) is 17.3 Å². The van der Waals surface area contributed by atoms with Crippen LogP contribution in [0, 0.1) is 5.82 Å². The third kappa shape index (κ3) is 4.06. The van der Waals surface area contributed by atoms with E-state index in [1.165, 1.54) is 38.5 Å². The van der Waals surface area contributed by atoms with Gasteiger partial charge in [-0.25, -0.2) is 9.18 Å². The van der Waals surface area contributed by atoms with Crippen LogP contribution in [0.4, 0.5) is 4.39 Å². The molecule has 0 radical (unpaired) electrons. The molecule has 0 amide bonds. The average Bonchev–Trinajstić information content (AvgIpc) is 2.58. The van der Waals surface area contributed by atoms with Crippen molar-refractivity contribution < 1.29 is 28.2 Å². The lowest BCUT2D eigenvalue weighted by Crippen LogP contribution is -2.15. The molecule has 0 aliphatic rings. The maximum absolute atomic E-state index is 13.1. The minimum Gasteiger partial charge on any atom is -0.497 e. The average molecular weight is 318 g/mol. The van der Waals surface area contributed by atoms with Crippen molar-refractivity contribution in [2.75, 3.05) is 20.8 Å². The van der Waals surface area contributed by atoms with Crippen molar-refractivity contribution in [2.45, 2.75) is 0 Å². The van der Waals surface area contributed by atoms with Gasteiger partial charge in [0.15, 0.2) is 6.61 Å². The number of carbonyl (C=O) groups excluding carboxylic acids is 2. The Morgan fingerprint density at radius 1 is 1.04 bits per heavy atom. The number of ketones is 1. The Kier molecular flexibility index (Phi) is 5.30. The maximum atomic E-state index is 13.1. The lowest BCUT2D eigenvalue weighted by atomic mass is 10.1. The van der Waals surface area contributed by atoms with Crippen molar-refractivity contribution in [3.8, 4) is 11.5 Å². The van der Waals surface area contributed by atoms with E-state index in [1.807, 2.05) is 0 Å². The first-order chi connectivity index (χ1) is 11.0. The molecule has 0 N–H and O–H groups in total. The molecule has 0 spiro atoms. The highest BCUT2D eigenvalue weighted by Crippen LogP contribution is 2.25. The predicted octanol–water partition coefficient (Wildman–Crippen LogP) is 2.88. The van der Waals surface area contributed by atoms with Gasteiger partial charge in [0.25, 0.3) is 0 Å². The zero-order valence-corrected chi connectivity index (χ0v) is 12.7. The molecule has 2 aromatic rings. The molecule has 0 unspecified atom stereocenters. The number of benzene rings is 2. The molecular weight excluding hydrogens is 303 g/mol. The maximum Gasteiger partial charge on any atom is 0.338 e. The Labute approximate surface area is 132 Å². The van der Waals surface area contributed by atoms with Crippen LogP contribution in [0.3, 0.4) is 0 Å². The van der Waals surface area contributed by atoms with E-state index >= 15 is 0 Å². The van der Waals surface area contributed by atoms with Crippen LogP contribution in [0.5, 0.6) is 11.5 Å². The molecule has 120 valence electrons. The number of methoxy groups -OCH3 is 2.